The lowest BCUT2D eigenvalue weighted by Gasteiger charge is -2.24. The van der Waals surface area contributed by atoms with Crippen LogP contribution in [-0.4, -0.2) is 54.9 Å². The van der Waals surface area contributed by atoms with Crippen LogP contribution in [0.3, 0.4) is 0 Å². The third kappa shape index (κ3) is 7.18. The maximum atomic E-state index is 14.1. The zero-order valence-electron chi connectivity index (χ0n) is 17.1. The van der Waals surface area contributed by atoms with Crippen LogP contribution < -0.4 is 10.1 Å². The minimum Gasteiger partial charge on any atom is -0.469 e. The summed E-state index contributed by atoms with van der Waals surface area (Å²) < 4.78 is 33.6. The van der Waals surface area contributed by atoms with E-state index in [4.69, 9.17) is 9.47 Å². The van der Waals surface area contributed by atoms with Crippen molar-refractivity contribution in [1.82, 2.24) is 5.32 Å². The molecule has 0 aromatic heterocycles. The molecule has 0 saturated carbocycles. The number of halogens is 1. The summed E-state index contributed by atoms with van der Waals surface area (Å²) in [6.45, 7) is 4.78. The van der Waals surface area contributed by atoms with Crippen molar-refractivity contribution in [2.45, 2.75) is 44.9 Å². The number of ether oxygens (including phenoxy) is 4. The average Bonchev–Trinajstić information content (AvgIpc) is 2.64. The van der Waals surface area contributed by atoms with Gasteiger partial charge in [-0.15, -0.1) is 0 Å². The number of amides is 1. The van der Waals surface area contributed by atoms with Crippen molar-refractivity contribution >= 4 is 23.7 Å². The van der Waals surface area contributed by atoms with Crippen molar-refractivity contribution in [3.05, 3.63) is 34.1 Å². The molecule has 0 aliphatic rings. The molecule has 0 heterocycles. The van der Waals surface area contributed by atoms with Gasteiger partial charge in [-0.3, -0.25) is 10.1 Å². The molecule has 0 fully saturated rings. The van der Waals surface area contributed by atoms with E-state index in [2.05, 4.69) is 14.8 Å². The van der Waals surface area contributed by atoms with Gasteiger partial charge in [-0.05, 0) is 26.8 Å². The van der Waals surface area contributed by atoms with Gasteiger partial charge in [0.1, 0.15) is 11.6 Å². The monoisotopic (exact) mass is 430 g/mol. The number of para-hydroxylation sites is 1. The number of hydrogen-bond acceptors (Lipinski definition) is 9. The molecule has 0 spiro atoms. The molecule has 1 rings (SSSR count). The van der Waals surface area contributed by atoms with Crippen LogP contribution in [-0.2, 0) is 23.8 Å². The fraction of sp³-hybridized carbons (Fsp3) is 0.500. The van der Waals surface area contributed by atoms with Gasteiger partial charge in [-0.1, -0.05) is 6.07 Å². The van der Waals surface area contributed by atoms with Crippen LogP contribution in [0, 0.1) is 15.9 Å². The van der Waals surface area contributed by atoms with Crippen LogP contribution in [0.5, 0.6) is 5.75 Å². The predicted octanol–water partition coefficient (Wildman–Crippen LogP) is 2.11. The van der Waals surface area contributed by atoms with Crippen molar-refractivity contribution in [2.75, 3.05) is 14.2 Å². The Labute approximate surface area is 171 Å². The van der Waals surface area contributed by atoms with Crippen LogP contribution in [0.15, 0.2) is 18.2 Å². The van der Waals surface area contributed by atoms with Crippen LogP contribution in [0.2, 0.25) is 0 Å². The van der Waals surface area contributed by atoms with Gasteiger partial charge < -0.3 is 24.3 Å². The highest BCUT2D eigenvalue weighted by atomic mass is 19.1. The number of nitrogens with one attached hydrogen (secondary N) is 1. The Bertz CT molecular complexity index is 807. The van der Waals surface area contributed by atoms with Crippen molar-refractivity contribution < 1.29 is 42.6 Å². The maximum absolute atomic E-state index is 14.1. The molecule has 1 aromatic rings. The van der Waals surface area contributed by atoms with Crippen molar-refractivity contribution in [3.63, 3.8) is 0 Å². The van der Waals surface area contributed by atoms with E-state index in [0.29, 0.717) is 0 Å². The second-order valence-corrected chi connectivity index (χ2v) is 6.93. The van der Waals surface area contributed by atoms with Crippen molar-refractivity contribution in [3.8, 4) is 5.75 Å². The van der Waals surface area contributed by atoms with Crippen LogP contribution in [0.1, 0.15) is 27.2 Å². The van der Waals surface area contributed by atoms with Gasteiger partial charge in [0.2, 0.25) is 5.75 Å². The first-order valence-electron chi connectivity index (χ1n) is 8.64. The molecular weight excluding hydrogens is 407 g/mol. The van der Waals surface area contributed by atoms with Crippen molar-refractivity contribution in [1.29, 1.82) is 0 Å². The van der Waals surface area contributed by atoms with E-state index in [1.807, 2.05) is 0 Å². The summed E-state index contributed by atoms with van der Waals surface area (Å²) in [6, 6.07) is 1.51. The van der Waals surface area contributed by atoms with Crippen LogP contribution >= 0.6 is 0 Å². The molecule has 0 unspecified atom stereocenters. The smallest absolute Gasteiger partial charge is 0.408 e. The first-order valence-corrected chi connectivity index (χ1v) is 8.64. The lowest BCUT2D eigenvalue weighted by Crippen LogP contribution is -2.47. The summed E-state index contributed by atoms with van der Waals surface area (Å²) in [5.41, 5.74) is -1.62. The predicted molar refractivity (Wildman–Crippen MR) is 99.3 cm³/mol. The van der Waals surface area contributed by atoms with E-state index in [1.165, 1.54) is 0 Å². The molecule has 30 heavy (non-hydrogen) atoms. The highest BCUT2D eigenvalue weighted by Gasteiger charge is 2.35. The number of alkyl carbamates (subject to hydrolysis) is 1. The molecule has 0 radical (unpaired) electrons. The Morgan fingerprint density at radius 1 is 1.17 bits per heavy atom. The van der Waals surface area contributed by atoms with Crippen LogP contribution in [0.25, 0.3) is 0 Å². The number of methoxy groups -OCH3 is 2. The van der Waals surface area contributed by atoms with E-state index in [9.17, 15) is 28.9 Å². The summed E-state index contributed by atoms with van der Waals surface area (Å²) >= 11 is 0. The van der Waals surface area contributed by atoms with Gasteiger partial charge in [-0.2, -0.15) is 0 Å². The average molecular weight is 430 g/mol. The Hall–Kier alpha value is -3.44. The zero-order valence-corrected chi connectivity index (χ0v) is 17.1. The summed E-state index contributed by atoms with van der Waals surface area (Å²) in [5, 5.41) is 13.4. The topological polar surface area (TPSA) is 143 Å². The zero-order chi connectivity index (χ0) is 23.1. The number of nitro benzene ring substituents is 1. The maximum Gasteiger partial charge on any atom is 0.408 e. The molecular formula is C18H23FN2O9. The molecule has 1 N–H and O–H groups in total. The number of rotatable bonds is 8. The molecule has 12 heteroatoms. The number of carbonyl (C=O) groups excluding carboxylic acids is 3. The number of nitro groups is 1. The molecule has 0 aliphatic carbocycles. The van der Waals surface area contributed by atoms with Gasteiger partial charge in [0.15, 0.2) is 11.9 Å². The normalized spacial score (nSPS) is 12.9. The first-order chi connectivity index (χ1) is 13.9. The summed E-state index contributed by atoms with van der Waals surface area (Å²) in [4.78, 5) is 46.5. The molecule has 166 valence electrons. The molecule has 0 aliphatic heterocycles. The number of esters is 2. The Morgan fingerprint density at radius 2 is 1.77 bits per heavy atom. The molecule has 0 saturated heterocycles. The summed E-state index contributed by atoms with van der Waals surface area (Å²) in [7, 11) is 2.05. The third-order valence-corrected chi connectivity index (χ3v) is 3.49. The largest absolute Gasteiger partial charge is 0.469 e. The lowest BCUT2D eigenvalue weighted by molar-refractivity contribution is -0.386. The molecule has 11 nitrogen and oxygen atoms in total. The standard InChI is InChI=1S/C18H23FN2O9/c1-18(2,3)30-17(24)20-11(15(22)27-4)9-13(16(23)28-5)29-14-10(19)7-6-8-12(14)21(25)26/h6-8,11,13H,9H2,1-5H3,(H,20,24)/t11-,13-/m0/s1. The first kappa shape index (κ1) is 24.6. The molecule has 0 bridgehead atoms. The number of carbonyl (C=O) groups is 3. The Kier molecular flexibility index (Phi) is 8.50. The summed E-state index contributed by atoms with van der Waals surface area (Å²) in [6.07, 6.45) is -3.26. The van der Waals surface area contributed by atoms with E-state index >= 15 is 0 Å². The van der Waals surface area contributed by atoms with E-state index < -0.39 is 64.4 Å². The second kappa shape index (κ2) is 10.4. The van der Waals surface area contributed by atoms with Gasteiger partial charge in [0.25, 0.3) is 0 Å². The van der Waals surface area contributed by atoms with Gasteiger partial charge in [0.05, 0.1) is 19.1 Å². The van der Waals surface area contributed by atoms with E-state index in [1.54, 1.807) is 20.8 Å². The third-order valence-electron chi connectivity index (χ3n) is 3.49. The Balaban J connectivity index is 3.18. The second-order valence-electron chi connectivity index (χ2n) is 6.93. The van der Waals surface area contributed by atoms with Gasteiger partial charge >= 0.3 is 23.7 Å². The molecule has 2 atom stereocenters. The Morgan fingerprint density at radius 3 is 2.27 bits per heavy atom. The fourth-order valence-electron chi connectivity index (χ4n) is 2.24. The summed E-state index contributed by atoms with van der Waals surface area (Å²) in [5.74, 6) is -3.94. The highest BCUT2D eigenvalue weighted by molar-refractivity contribution is 5.83. The van der Waals surface area contributed by atoms with Gasteiger partial charge in [-0.25, -0.2) is 18.8 Å². The number of nitrogens with zero attached hydrogens (tertiary/aromatic N) is 1. The van der Waals surface area contributed by atoms with E-state index in [-0.39, 0.29) is 0 Å². The SMILES string of the molecule is COC(=O)[C@H](C[C@H](Oc1c(F)cccc1[N+](=O)[O-])C(=O)OC)NC(=O)OC(C)(C)C. The molecule has 1 aromatic carbocycles. The van der Waals surface area contributed by atoms with E-state index in [0.717, 1.165) is 32.4 Å². The molecule has 1 amide bonds. The van der Waals surface area contributed by atoms with Crippen LogP contribution in [0.4, 0.5) is 14.9 Å². The highest BCUT2D eigenvalue weighted by Crippen LogP contribution is 2.31. The quantitative estimate of drug-likeness (QED) is 0.284. The van der Waals surface area contributed by atoms with Crippen molar-refractivity contribution in [2.24, 2.45) is 0 Å². The lowest BCUT2D eigenvalue weighted by atomic mass is 10.1. The van der Waals surface area contributed by atoms with Gasteiger partial charge in [0, 0.05) is 12.5 Å². The number of benzene rings is 1. The number of hydrogen-bond donors (Lipinski definition) is 1. The minimum atomic E-state index is -1.69. The minimum absolute atomic E-state index is 0.579. The fourth-order valence-corrected chi connectivity index (χ4v) is 2.24.